The van der Waals surface area contributed by atoms with Gasteiger partial charge in [-0.25, -0.2) is 8.42 Å². The quantitative estimate of drug-likeness (QED) is 0.682. The molecule has 0 unspecified atom stereocenters. The van der Waals surface area contributed by atoms with Crippen LogP contribution in [0.2, 0.25) is 0 Å². The van der Waals surface area contributed by atoms with Gasteiger partial charge in [-0.05, 0) is 54.8 Å². The first kappa shape index (κ1) is 21.0. The summed E-state index contributed by atoms with van der Waals surface area (Å²) in [5.41, 5.74) is 1.56. The summed E-state index contributed by atoms with van der Waals surface area (Å²) in [5, 5.41) is 7.51. The van der Waals surface area contributed by atoms with Crippen molar-refractivity contribution in [3.8, 4) is 0 Å². The third-order valence-electron chi connectivity index (χ3n) is 5.70. The van der Waals surface area contributed by atoms with Crippen molar-refractivity contribution < 1.29 is 18.0 Å². The zero-order valence-electron chi connectivity index (χ0n) is 16.5. The number of amides is 2. The third-order valence-corrected chi connectivity index (χ3v) is 8.98. The molecule has 2 fully saturated rings. The highest BCUT2D eigenvalue weighted by Gasteiger charge is 2.39. The molecule has 1 aliphatic carbocycles. The van der Waals surface area contributed by atoms with Crippen LogP contribution in [0.5, 0.6) is 0 Å². The first-order valence-electron chi connectivity index (χ1n) is 10.2. The zero-order valence-corrected chi connectivity index (χ0v) is 18.2. The van der Waals surface area contributed by atoms with Crippen molar-refractivity contribution in [3.05, 3.63) is 47.3 Å². The maximum absolute atomic E-state index is 12.8. The number of nitrogens with one attached hydrogen (secondary N) is 2. The summed E-state index contributed by atoms with van der Waals surface area (Å²) in [6, 6.07) is 9.93. The van der Waals surface area contributed by atoms with Crippen LogP contribution in [-0.4, -0.2) is 37.1 Å². The number of carbonyl (C=O) groups excluding carboxylic acids is 2. The van der Waals surface area contributed by atoms with Gasteiger partial charge >= 0.3 is 0 Å². The Morgan fingerprint density at radius 3 is 2.60 bits per heavy atom. The van der Waals surface area contributed by atoms with Crippen LogP contribution in [0.4, 0.5) is 5.69 Å². The largest absolute Gasteiger partial charge is 0.351 e. The molecular formula is C21H25N3O4S2. The molecule has 2 heterocycles. The molecule has 2 N–H and O–H groups in total. The van der Waals surface area contributed by atoms with E-state index in [0.717, 1.165) is 36.2 Å². The predicted octanol–water partition coefficient (Wildman–Crippen LogP) is 2.96. The van der Waals surface area contributed by atoms with Gasteiger partial charge in [0.05, 0.1) is 0 Å². The average molecular weight is 448 g/mol. The second kappa shape index (κ2) is 8.87. The van der Waals surface area contributed by atoms with E-state index in [1.807, 2.05) is 24.3 Å². The van der Waals surface area contributed by atoms with E-state index in [1.54, 1.807) is 17.5 Å². The Morgan fingerprint density at radius 1 is 1.07 bits per heavy atom. The first-order valence-corrected chi connectivity index (χ1v) is 12.5. The van der Waals surface area contributed by atoms with E-state index in [1.165, 1.54) is 4.31 Å². The average Bonchev–Trinajstić information content (AvgIpc) is 3.37. The molecular weight excluding hydrogens is 422 g/mol. The summed E-state index contributed by atoms with van der Waals surface area (Å²) in [4.78, 5) is 24.9. The number of hydrogen-bond acceptors (Lipinski definition) is 5. The van der Waals surface area contributed by atoms with Gasteiger partial charge in [0.1, 0.15) is 10.3 Å². The number of hydrogen-bond donors (Lipinski definition) is 2. The van der Waals surface area contributed by atoms with E-state index in [4.69, 9.17) is 0 Å². The lowest BCUT2D eigenvalue weighted by Crippen LogP contribution is -2.45. The maximum Gasteiger partial charge on any atom is 0.253 e. The van der Waals surface area contributed by atoms with Crippen molar-refractivity contribution in [2.75, 3.05) is 11.9 Å². The fourth-order valence-corrected chi connectivity index (χ4v) is 6.57. The molecule has 160 valence electrons. The molecule has 9 heteroatoms. The minimum absolute atomic E-state index is 0.0443. The number of thiophene rings is 1. The molecule has 1 aliphatic heterocycles. The van der Waals surface area contributed by atoms with Crippen LogP contribution in [0.25, 0.3) is 0 Å². The molecule has 0 spiro atoms. The van der Waals surface area contributed by atoms with Gasteiger partial charge in [0, 0.05) is 24.7 Å². The molecule has 2 amide bonds. The van der Waals surface area contributed by atoms with Crippen LogP contribution in [0.3, 0.4) is 0 Å². The van der Waals surface area contributed by atoms with Gasteiger partial charge in [-0.3, -0.25) is 9.59 Å². The van der Waals surface area contributed by atoms with Crippen LogP contribution in [0.15, 0.2) is 46.0 Å². The van der Waals surface area contributed by atoms with Crippen molar-refractivity contribution in [2.45, 2.75) is 48.9 Å². The van der Waals surface area contributed by atoms with E-state index in [0.29, 0.717) is 25.1 Å². The van der Waals surface area contributed by atoms with Crippen LogP contribution in [0, 0.1) is 5.92 Å². The highest BCUT2D eigenvalue weighted by Crippen LogP contribution is 2.29. The van der Waals surface area contributed by atoms with Crippen LogP contribution >= 0.6 is 11.3 Å². The van der Waals surface area contributed by atoms with E-state index < -0.39 is 16.1 Å². The Morgan fingerprint density at radius 2 is 1.90 bits per heavy atom. The third kappa shape index (κ3) is 4.43. The lowest BCUT2D eigenvalue weighted by molar-refractivity contribution is -0.124. The lowest BCUT2D eigenvalue weighted by atomic mass is 9.85. The molecule has 0 radical (unpaired) electrons. The molecule has 2 aliphatic rings. The normalized spacial score (nSPS) is 19.9. The van der Waals surface area contributed by atoms with E-state index in [9.17, 15) is 18.0 Å². The number of anilines is 1. The fourth-order valence-electron chi connectivity index (χ4n) is 3.80. The highest BCUT2D eigenvalue weighted by molar-refractivity contribution is 7.91. The van der Waals surface area contributed by atoms with E-state index >= 15 is 0 Å². The first-order chi connectivity index (χ1) is 14.4. The Kier molecular flexibility index (Phi) is 6.21. The fraction of sp³-hybridized carbons (Fsp3) is 0.429. The molecule has 0 bridgehead atoms. The minimum Gasteiger partial charge on any atom is -0.351 e. The predicted molar refractivity (Wildman–Crippen MR) is 115 cm³/mol. The molecule has 1 saturated carbocycles. The number of nitrogens with zero attached hydrogens (tertiary/aromatic N) is 1. The number of benzene rings is 1. The maximum atomic E-state index is 12.8. The molecule has 1 aromatic carbocycles. The van der Waals surface area contributed by atoms with Crippen LogP contribution in [0.1, 0.15) is 37.7 Å². The topological polar surface area (TPSA) is 95.6 Å². The monoisotopic (exact) mass is 447 g/mol. The SMILES string of the molecule is O=C(Nc1cccc(CNC(=O)[C@H]2CCCN2S(=O)(=O)c2cccs2)c1)C1CCC1. The smallest absolute Gasteiger partial charge is 0.253 e. The van der Waals surface area contributed by atoms with Crippen LogP contribution in [-0.2, 0) is 26.2 Å². The summed E-state index contributed by atoms with van der Waals surface area (Å²) < 4.78 is 27.2. The van der Waals surface area contributed by atoms with E-state index in [2.05, 4.69) is 10.6 Å². The standard InChI is InChI=1S/C21H25N3O4S2/c25-20(16-6-2-7-16)23-17-8-1-5-15(13-17)14-22-21(26)18-9-3-11-24(18)30(27,28)19-10-4-12-29-19/h1,4-5,8,10,12-13,16,18H,2-3,6-7,9,11,14H2,(H,22,26)(H,23,25)/t18-/m1/s1. The van der Waals surface area contributed by atoms with Crippen LogP contribution < -0.4 is 10.6 Å². The Labute approximate surface area is 180 Å². The number of sulfonamides is 1. The van der Waals surface area contributed by atoms with Gasteiger partial charge in [0.2, 0.25) is 11.8 Å². The number of rotatable bonds is 7. The Hall–Kier alpha value is -2.23. The minimum atomic E-state index is -3.65. The van der Waals surface area contributed by atoms with Gasteiger partial charge in [-0.1, -0.05) is 24.6 Å². The van der Waals surface area contributed by atoms with Gasteiger partial charge in [-0.15, -0.1) is 11.3 Å². The van der Waals surface area contributed by atoms with Crippen molar-refractivity contribution >= 4 is 38.9 Å². The Balaban J connectivity index is 1.37. The zero-order chi connectivity index (χ0) is 21.1. The molecule has 1 saturated heterocycles. The molecule has 1 atom stereocenters. The Bertz CT molecular complexity index is 1020. The highest BCUT2D eigenvalue weighted by atomic mass is 32.2. The van der Waals surface area contributed by atoms with E-state index in [-0.39, 0.29) is 28.5 Å². The van der Waals surface area contributed by atoms with Gasteiger partial charge < -0.3 is 10.6 Å². The van der Waals surface area contributed by atoms with Gasteiger partial charge in [0.25, 0.3) is 10.0 Å². The second-order valence-corrected chi connectivity index (χ2v) is 10.8. The van der Waals surface area contributed by atoms with Gasteiger partial charge in [0.15, 0.2) is 0 Å². The van der Waals surface area contributed by atoms with Gasteiger partial charge in [-0.2, -0.15) is 4.31 Å². The molecule has 2 aromatic rings. The van der Waals surface area contributed by atoms with Crippen molar-refractivity contribution in [1.29, 1.82) is 0 Å². The molecule has 30 heavy (non-hydrogen) atoms. The number of carbonyl (C=O) groups is 2. The summed E-state index contributed by atoms with van der Waals surface area (Å²) in [7, 11) is -3.65. The molecule has 1 aromatic heterocycles. The summed E-state index contributed by atoms with van der Waals surface area (Å²) in [6.45, 7) is 0.621. The second-order valence-electron chi connectivity index (χ2n) is 7.74. The molecule has 7 nitrogen and oxygen atoms in total. The van der Waals surface area contributed by atoms with Crippen molar-refractivity contribution in [3.63, 3.8) is 0 Å². The summed E-state index contributed by atoms with van der Waals surface area (Å²) in [5.74, 6) is -0.147. The summed E-state index contributed by atoms with van der Waals surface area (Å²) in [6.07, 6.45) is 4.14. The van der Waals surface area contributed by atoms with Crippen molar-refractivity contribution in [1.82, 2.24) is 9.62 Å². The molecule has 4 rings (SSSR count). The lowest BCUT2D eigenvalue weighted by Gasteiger charge is -2.24. The van der Waals surface area contributed by atoms with Crippen molar-refractivity contribution in [2.24, 2.45) is 5.92 Å². The summed E-state index contributed by atoms with van der Waals surface area (Å²) >= 11 is 1.16.